The normalized spacial score (nSPS) is 23.8. The van der Waals surface area contributed by atoms with Crippen LogP contribution in [0.2, 0.25) is 0 Å². The maximum atomic E-state index is 13.4. The molecule has 1 aliphatic carbocycles. The van der Waals surface area contributed by atoms with E-state index in [1.165, 1.54) is 5.69 Å². The fraction of sp³-hybridized carbons (Fsp3) is 0.533. The number of phenols is 1. The zero-order chi connectivity index (χ0) is 25.8. The predicted molar refractivity (Wildman–Crippen MR) is 146 cm³/mol. The highest BCUT2D eigenvalue weighted by Crippen LogP contribution is 2.48. The first-order valence-corrected chi connectivity index (χ1v) is 13.9. The summed E-state index contributed by atoms with van der Waals surface area (Å²) < 4.78 is 0. The van der Waals surface area contributed by atoms with E-state index in [0.717, 1.165) is 69.7 Å². The minimum atomic E-state index is -0.0186. The van der Waals surface area contributed by atoms with Gasteiger partial charge in [-0.25, -0.2) is 0 Å². The molecular weight excluding hydrogens is 464 g/mol. The highest BCUT2D eigenvalue weighted by molar-refractivity contribution is 5.95. The highest BCUT2D eigenvalue weighted by Gasteiger charge is 2.50. The number of hydrogen-bond donors (Lipinski definition) is 2. The molecule has 0 radical (unpaired) electrons. The van der Waals surface area contributed by atoms with Gasteiger partial charge in [0.2, 0.25) is 5.91 Å². The molecule has 3 aliphatic rings. The number of hydrogen-bond acceptors (Lipinski definition) is 5. The fourth-order valence-corrected chi connectivity index (χ4v) is 6.51. The van der Waals surface area contributed by atoms with Crippen LogP contribution in [0.25, 0.3) is 0 Å². The molecule has 2 saturated heterocycles. The summed E-state index contributed by atoms with van der Waals surface area (Å²) in [5, 5.41) is 12.8. The zero-order valence-electron chi connectivity index (χ0n) is 22.0. The molecule has 2 aliphatic heterocycles. The van der Waals surface area contributed by atoms with Gasteiger partial charge in [0.25, 0.3) is 5.91 Å². The molecule has 7 heteroatoms. The van der Waals surface area contributed by atoms with Gasteiger partial charge in [-0.3, -0.25) is 9.59 Å². The van der Waals surface area contributed by atoms with E-state index in [1.54, 1.807) is 18.2 Å². The number of amides is 2. The number of carbonyl (C=O) groups is 2. The Balaban J connectivity index is 1.15. The third kappa shape index (κ3) is 5.77. The van der Waals surface area contributed by atoms with Crippen molar-refractivity contribution in [1.82, 2.24) is 15.1 Å². The Morgan fingerprint density at radius 2 is 1.86 bits per heavy atom. The van der Waals surface area contributed by atoms with Crippen LogP contribution >= 0.6 is 0 Å². The van der Waals surface area contributed by atoms with Crippen LogP contribution in [0.1, 0.15) is 48.5 Å². The topological polar surface area (TPSA) is 76.1 Å². The van der Waals surface area contributed by atoms with Gasteiger partial charge in [-0.05, 0) is 73.7 Å². The average molecular weight is 505 g/mol. The van der Waals surface area contributed by atoms with Gasteiger partial charge in [-0.2, -0.15) is 0 Å². The molecule has 2 aromatic rings. The summed E-state index contributed by atoms with van der Waals surface area (Å²) in [5.41, 5.74) is 2.88. The fourth-order valence-electron chi connectivity index (χ4n) is 6.51. The first-order valence-electron chi connectivity index (χ1n) is 13.9. The van der Waals surface area contributed by atoms with Gasteiger partial charge in [-0.15, -0.1) is 0 Å². The van der Waals surface area contributed by atoms with E-state index in [9.17, 15) is 14.7 Å². The SMILES string of the molecule is CCN1CCN(c2ccc(C(=O)N3C[C@@H]4CCC[C@]4(CNC(=O)CCc4cccc(O)c4)C3)cc2)CC1. The van der Waals surface area contributed by atoms with Crippen LogP contribution in [0.5, 0.6) is 5.75 Å². The maximum absolute atomic E-state index is 13.4. The van der Waals surface area contributed by atoms with E-state index in [-0.39, 0.29) is 23.0 Å². The lowest BCUT2D eigenvalue weighted by Crippen LogP contribution is -2.46. The largest absolute Gasteiger partial charge is 0.508 e. The van der Waals surface area contributed by atoms with Crippen LogP contribution < -0.4 is 10.2 Å². The van der Waals surface area contributed by atoms with Crippen molar-refractivity contribution >= 4 is 17.5 Å². The minimum Gasteiger partial charge on any atom is -0.508 e. The number of phenolic OH excluding ortho intramolecular Hbond substituents is 1. The minimum absolute atomic E-state index is 0.0186. The second-order valence-electron chi connectivity index (χ2n) is 11.1. The van der Waals surface area contributed by atoms with E-state index in [0.29, 0.717) is 31.8 Å². The van der Waals surface area contributed by atoms with Crippen molar-refractivity contribution in [2.75, 3.05) is 57.3 Å². The van der Waals surface area contributed by atoms with Gasteiger partial charge in [0.15, 0.2) is 0 Å². The number of aryl methyl sites for hydroxylation is 1. The van der Waals surface area contributed by atoms with Crippen molar-refractivity contribution in [3.05, 3.63) is 59.7 Å². The Morgan fingerprint density at radius 3 is 2.59 bits per heavy atom. The molecule has 5 rings (SSSR count). The van der Waals surface area contributed by atoms with E-state index in [4.69, 9.17) is 0 Å². The predicted octanol–water partition coefficient (Wildman–Crippen LogP) is 3.53. The molecular formula is C30H40N4O3. The van der Waals surface area contributed by atoms with E-state index >= 15 is 0 Å². The number of rotatable bonds is 8. The lowest BCUT2D eigenvalue weighted by Gasteiger charge is -2.35. The van der Waals surface area contributed by atoms with Crippen molar-refractivity contribution in [1.29, 1.82) is 0 Å². The number of piperazine rings is 1. The summed E-state index contributed by atoms with van der Waals surface area (Å²) in [7, 11) is 0. The standard InChI is InChI=1S/C30H40N4O3/c1-2-32-15-17-33(18-16-32)26-11-9-24(10-12-26)29(37)34-20-25-6-4-14-30(25,22-34)21-31-28(36)13-8-23-5-3-7-27(35)19-23/h3,5,7,9-12,19,25,35H,2,4,6,8,13-18,20-22H2,1H3,(H,31,36)/t25-,30-/m0/s1. The number of benzene rings is 2. The van der Waals surface area contributed by atoms with Crippen LogP contribution in [-0.4, -0.2) is 79.1 Å². The Hall–Kier alpha value is -3.06. The molecule has 0 unspecified atom stereocenters. The number of nitrogens with zero attached hydrogens (tertiary/aromatic N) is 3. The molecule has 3 fully saturated rings. The Labute approximate surface area is 220 Å². The molecule has 2 N–H and O–H groups in total. The summed E-state index contributed by atoms with van der Waals surface area (Å²) in [6, 6.07) is 15.2. The van der Waals surface area contributed by atoms with Gasteiger partial charge in [0, 0.05) is 68.9 Å². The van der Waals surface area contributed by atoms with Crippen LogP contribution in [0.3, 0.4) is 0 Å². The van der Waals surface area contributed by atoms with Gasteiger partial charge in [0.1, 0.15) is 5.75 Å². The van der Waals surface area contributed by atoms with Crippen molar-refractivity contribution in [3.63, 3.8) is 0 Å². The van der Waals surface area contributed by atoms with E-state index in [2.05, 4.69) is 34.2 Å². The summed E-state index contributed by atoms with van der Waals surface area (Å²) >= 11 is 0. The first-order chi connectivity index (χ1) is 18.0. The molecule has 198 valence electrons. The molecule has 2 heterocycles. The summed E-state index contributed by atoms with van der Waals surface area (Å²) in [6.45, 7) is 9.64. The molecule has 0 aromatic heterocycles. The highest BCUT2D eigenvalue weighted by atomic mass is 16.3. The van der Waals surface area contributed by atoms with Gasteiger partial charge >= 0.3 is 0 Å². The van der Waals surface area contributed by atoms with Crippen LogP contribution in [0, 0.1) is 11.3 Å². The quantitative estimate of drug-likeness (QED) is 0.575. The van der Waals surface area contributed by atoms with Crippen LogP contribution in [0.4, 0.5) is 5.69 Å². The Morgan fingerprint density at radius 1 is 1.08 bits per heavy atom. The second-order valence-corrected chi connectivity index (χ2v) is 11.1. The average Bonchev–Trinajstić information content (AvgIpc) is 3.48. The van der Waals surface area contributed by atoms with Gasteiger partial charge in [-0.1, -0.05) is 25.5 Å². The molecule has 0 spiro atoms. The van der Waals surface area contributed by atoms with Crippen LogP contribution in [0.15, 0.2) is 48.5 Å². The van der Waals surface area contributed by atoms with Crippen molar-refractivity contribution < 1.29 is 14.7 Å². The maximum Gasteiger partial charge on any atom is 0.253 e. The number of nitrogens with one attached hydrogen (secondary N) is 1. The first kappa shape index (κ1) is 25.6. The van der Waals surface area contributed by atoms with Gasteiger partial charge < -0.3 is 25.1 Å². The van der Waals surface area contributed by atoms with Crippen molar-refractivity contribution in [2.45, 2.75) is 39.0 Å². The zero-order valence-corrected chi connectivity index (χ0v) is 22.0. The molecule has 0 bridgehead atoms. The molecule has 2 atom stereocenters. The number of carbonyl (C=O) groups excluding carboxylic acids is 2. The van der Waals surface area contributed by atoms with Crippen LogP contribution in [-0.2, 0) is 11.2 Å². The van der Waals surface area contributed by atoms with Crippen molar-refractivity contribution in [3.8, 4) is 5.75 Å². The number of anilines is 1. The number of likely N-dealkylation sites (N-methyl/N-ethyl adjacent to an activating group) is 1. The van der Waals surface area contributed by atoms with Crippen molar-refractivity contribution in [2.24, 2.45) is 11.3 Å². The Kier molecular flexibility index (Phi) is 7.70. The van der Waals surface area contributed by atoms with E-state index < -0.39 is 0 Å². The van der Waals surface area contributed by atoms with E-state index in [1.807, 2.05) is 23.1 Å². The lowest BCUT2D eigenvalue weighted by atomic mass is 9.80. The smallest absolute Gasteiger partial charge is 0.253 e. The third-order valence-corrected chi connectivity index (χ3v) is 8.81. The number of aromatic hydroxyl groups is 1. The number of likely N-dealkylation sites (tertiary alicyclic amines) is 1. The summed E-state index contributed by atoms with van der Waals surface area (Å²) in [6.07, 6.45) is 4.33. The number of fused-ring (bicyclic) bond motifs is 1. The molecule has 7 nitrogen and oxygen atoms in total. The lowest BCUT2D eigenvalue weighted by molar-refractivity contribution is -0.121. The molecule has 37 heavy (non-hydrogen) atoms. The summed E-state index contributed by atoms with van der Waals surface area (Å²) in [5.74, 6) is 0.803. The summed E-state index contributed by atoms with van der Waals surface area (Å²) in [4.78, 5) is 32.9. The molecule has 2 amide bonds. The van der Waals surface area contributed by atoms with Gasteiger partial charge in [0.05, 0.1) is 0 Å². The Bertz CT molecular complexity index is 1100. The molecule has 2 aromatic carbocycles. The molecule has 1 saturated carbocycles. The monoisotopic (exact) mass is 504 g/mol. The second kappa shape index (κ2) is 11.1. The third-order valence-electron chi connectivity index (χ3n) is 8.81.